The van der Waals surface area contributed by atoms with Gasteiger partial charge in [-0.2, -0.15) is 0 Å². The van der Waals surface area contributed by atoms with Gasteiger partial charge in [0.15, 0.2) is 0 Å². The summed E-state index contributed by atoms with van der Waals surface area (Å²) in [6.45, 7) is 2.03. The fourth-order valence-electron chi connectivity index (χ4n) is 3.11. The molecule has 0 aliphatic carbocycles. The van der Waals surface area contributed by atoms with Crippen LogP contribution in [0.5, 0.6) is 0 Å². The van der Waals surface area contributed by atoms with Gasteiger partial charge in [0.05, 0.1) is 0 Å². The van der Waals surface area contributed by atoms with Crippen molar-refractivity contribution in [3.05, 3.63) is 66.0 Å². The molecule has 1 heterocycles. The summed E-state index contributed by atoms with van der Waals surface area (Å²) in [7, 11) is 0. The largest absolute Gasteiger partial charge is 0.368 e. The molecule has 1 atom stereocenters. The zero-order valence-corrected chi connectivity index (χ0v) is 14.3. The third-order valence-electron chi connectivity index (χ3n) is 4.45. The van der Waals surface area contributed by atoms with E-state index in [1.165, 1.54) is 24.3 Å². The Labute approximate surface area is 151 Å². The lowest BCUT2D eigenvalue weighted by atomic mass is 10.0. The number of primary amides is 1. The zero-order chi connectivity index (χ0) is 18.5. The Morgan fingerprint density at radius 3 is 2.15 bits per heavy atom. The van der Waals surface area contributed by atoms with Gasteiger partial charge in [-0.05, 0) is 29.8 Å². The van der Waals surface area contributed by atoms with Gasteiger partial charge < -0.3 is 16.0 Å². The van der Waals surface area contributed by atoms with Crippen LogP contribution >= 0.6 is 0 Å². The van der Waals surface area contributed by atoms with Gasteiger partial charge in [-0.1, -0.05) is 30.3 Å². The van der Waals surface area contributed by atoms with Crippen LogP contribution in [0.2, 0.25) is 0 Å². The summed E-state index contributed by atoms with van der Waals surface area (Å²) in [5.41, 5.74) is 7.00. The van der Waals surface area contributed by atoms with Gasteiger partial charge in [-0.15, -0.1) is 0 Å². The maximum absolute atomic E-state index is 12.9. The van der Waals surface area contributed by atoms with E-state index in [9.17, 15) is 14.0 Å². The summed E-state index contributed by atoms with van der Waals surface area (Å²) < 4.78 is 12.9. The molecule has 26 heavy (non-hydrogen) atoms. The van der Waals surface area contributed by atoms with Gasteiger partial charge in [0.2, 0.25) is 5.91 Å². The van der Waals surface area contributed by atoms with Crippen LogP contribution in [0.4, 0.5) is 14.9 Å². The zero-order valence-electron chi connectivity index (χ0n) is 14.3. The number of hydrogen-bond donors (Lipinski definition) is 2. The van der Waals surface area contributed by atoms with E-state index in [-0.39, 0.29) is 11.8 Å². The summed E-state index contributed by atoms with van der Waals surface area (Å²) in [6, 6.07) is 14.3. The fraction of sp³-hybridized carbons (Fsp3) is 0.263. The lowest BCUT2D eigenvalue weighted by molar-refractivity contribution is -0.124. The number of amides is 3. The highest BCUT2D eigenvalue weighted by Crippen LogP contribution is 2.22. The third kappa shape index (κ3) is 4.18. The molecule has 0 bridgehead atoms. The predicted octanol–water partition coefficient (Wildman–Crippen LogP) is 2.20. The molecule has 1 saturated heterocycles. The summed E-state index contributed by atoms with van der Waals surface area (Å²) >= 11 is 0. The minimum absolute atomic E-state index is 0.244. The number of nitrogens with two attached hydrogens (primary N) is 1. The number of nitrogens with one attached hydrogen (secondary N) is 1. The average Bonchev–Trinajstić information content (AvgIpc) is 2.65. The van der Waals surface area contributed by atoms with E-state index in [4.69, 9.17) is 5.73 Å². The van der Waals surface area contributed by atoms with Crippen molar-refractivity contribution < 1.29 is 14.0 Å². The molecular formula is C19H21FN4O2. The average molecular weight is 356 g/mol. The second kappa shape index (κ2) is 7.97. The summed E-state index contributed by atoms with van der Waals surface area (Å²) in [5, 5.41) is 2.75. The van der Waals surface area contributed by atoms with Gasteiger partial charge in [-0.3, -0.25) is 9.69 Å². The number of halogens is 1. The number of benzene rings is 2. The lowest BCUT2D eigenvalue weighted by Crippen LogP contribution is -2.52. The first-order valence-corrected chi connectivity index (χ1v) is 8.44. The Bertz CT molecular complexity index is 759. The molecule has 6 nitrogen and oxygen atoms in total. The fourth-order valence-corrected chi connectivity index (χ4v) is 3.11. The molecule has 7 heteroatoms. The van der Waals surface area contributed by atoms with Crippen LogP contribution in [-0.2, 0) is 4.79 Å². The normalized spacial score (nSPS) is 16.1. The highest BCUT2D eigenvalue weighted by molar-refractivity contribution is 5.89. The van der Waals surface area contributed by atoms with Crippen molar-refractivity contribution in [2.24, 2.45) is 5.73 Å². The van der Waals surface area contributed by atoms with E-state index < -0.39 is 11.9 Å². The number of hydrogen-bond acceptors (Lipinski definition) is 3. The van der Waals surface area contributed by atoms with Gasteiger partial charge in [0.25, 0.3) is 0 Å². The van der Waals surface area contributed by atoms with Crippen LogP contribution in [0.1, 0.15) is 11.6 Å². The number of carbonyl (C=O) groups excluding carboxylic acids is 2. The molecule has 0 spiro atoms. The standard InChI is InChI=1S/C19H21FN4O2/c20-15-6-8-16(9-7-15)22-19(26)24-12-10-23(11-13-24)17(18(21)25)14-4-2-1-3-5-14/h1-9,17H,10-13H2,(H2,21,25)(H,22,26)/t17-/m1/s1. The van der Waals surface area contributed by atoms with E-state index in [1.54, 1.807) is 4.90 Å². The van der Waals surface area contributed by atoms with Crippen LogP contribution in [-0.4, -0.2) is 47.9 Å². The minimum Gasteiger partial charge on any atom is -0.368 e. The van der Waals surface area contributed by atoms with Crippen LogP contribution in [0.25, 0.3) is 0 Å². The number of urea groups is 1. The quantitative estimate of drug-likeness (QED) is 0.882. The molecule has 0 unspecified atom stereocenters. The minimum atomic E-state index is -0.501. The number of rotatable bonds is 4. The third-order valence-corrected chi connectivity index (χ3v) is 4.45. The van der Waals surface area contributed by atoms with Crippen LogP contribution < -0.4 is 11.1 Å². The molecule has 0 saturated carbocycles. The SMILES string of the molecule is NC(=O)[C@@H](c1ccccc1)N1CCN(C(=O)Nc2ccc(F)cc2)CC1. The Balaban J connectivity index is 1.60. The number of anilines is 1. The Kier molecular flexibility index (Phi) is 5.48. The maximum atomic E-state index is 12.9. The van der Waals surface area contributed by atoms with E-state index in [1.807, 2.05) is 35.2 Å². The van der Waals surface area contributed by atoms with Crippen LogP contribution in [0, 0.1) is 5.82 Å². The molecule has 136 valence electrons. The van der Waals surface area contributed by atoms with Gasteiger partial charge >= 0.3 is 6.03 Å². The van der Waals surface area contributed by atoms with E-state index >= 15 is 0 Å². The second-order valence-electron chi connectivity index (χ2n) is 6.18. The smallest absolute Gasteiger partial charge is 0.321 e. The molecule has 0 aromatic heterocycles. The molecule has 1 fully saturated rings. The lowest BCUT2D eigenvalue weighted by Gasteiger charge is -2.38. The molecule has 0 radical (unpaired) electrons. The van der Waals surface area contributed by atoms with E-state index in [0.717, 1.165) is 5.56 Å². The van der Waals surface area contributed by atoms with Crippen molar-refractivity contribution in [2.75, 3.05) is 31.5 Å². The van der Waals surface area contributed by atoms with Gasteiger partial charge in [-0.25, -0.2) is 9.18 Å². The summed E-state index contributed by atoms with van der Waals surface area (Å²) in [5.74, 6) is -0.754. The van der Waals surface area contributed by atoms with Gasteiger partial charge in [0.1, 0.15) is 11.9 Å². The second-order valence-corrected chi connectivity index (χ2v) is 6.18. The number of nitrogens with zero attached hydrogens (tertiary/aromatic N) is 2. The van der Waals surface area contributed by atoms with Crippen LogP contribution in [0.3, 0.4) is 0 Å². The number of piperazine rings is 1. The van der Waals surface area contributed by atoms with Crippen LogP contribution in [0.15, 0.2) is 54.6 Å². The van der Waals surface area contributed by atoms with E-state index in [0.29, 0.717) is 31.9 Å². The predicted molar refractivity (Wildman–Crippen MR) is 96.9 cm³/mol. The maximum Gasteiger partial charge on any atom is 0.321 e. The summed E-state index contributed by atoms with van der Waals surface area (Å²) in [4.78, 5) is 27.9. The Morgan fingerprint density at radius 2 is 1.58 bits per heavy atom. The van der Waals surface area contributed by atoms with Crippen molar-refractivity contribution in [1.29, 1.82) is 0 Å². The highest BCUT2D eigenvalue weighted by Gasteiger charge is 2.30. The monoisotopic (exact) mass is 356 g/mol. The molecule has 2 aromatic carbocycles. The van der Waals surface area contributed by atoms with Crippen molar-refractivity contribution in [2.45, 2.75) is 6.04 Å². The molecule has 3 amide bonds. The first kappa shape index (κ1) is 17.9. The first-order chi connectivity index (χ1) is 12.5. The highest BCUT2D eigenvalue weighted by atomic mass is 19.1. The molecule has 3 rings (SSSR count). The van der Waals surface area contributed by atoms with E-state index in [2.05, 4.69) is 5.32 Å². The topological polar surface area (TPSA) is 78.7 Å². The van der Waals surface area contributed by atoms with Crippen molar-refractivity contribution >= 4 is 17.6 Å². The molecule has 3 N–H and O–H groups in total. The molecule has 2 aromatic rings. The van der Waals surface area contributed by atoms with Gasteiger partial charge in [0, 0.05) is 31.9 Å². The Morgan fingerprint density at radius 1 is 0.962 bits per heavy atom. The molecular weight excluding hydrogens is 335 g/mol. The molecule has 1 aliphatic rings. The Hall–Kier alpha value is -2.93. The van der Waals surface area contributed by atoms with Crippen molar-refractivity contribution in [1.82, 2.24) is 9.80 Å². The summed E-state index contributed by atoms with van der Waals surface area (Å²) in [6.07, 6.45) is 0. The van der Waals surface area contributed by atoms with Crippen molar-refractivity contribution in [3.63, 3.8) is 0 Å². The number of carbonyl (C=O) groups is 2. The first-order valence-electron chi connectivity index (χ1n) is 8.44. The van der Waals surface area contributed by atoms with Crippen molar-refractivity contribution in [3.8, 4) is 0 Å². The molecule has 1 aliphatic heterocycles.